The number of phenolic OH excluding ortho intramolecular Hbond substituents is 2. The van der Waals surface area contributed by atoms with Gasteiger partial charge in [-0.15, -0.1) is 30.0 Å². The Hall–Kier alpha value is -7.79. The van der Waals surface area contributed by atoms with Crippen molar-refractivity contribution in [2.24, 2.45) is 0 Å². The Kier molecular flexibility index (Phi) is 12.5. The average Bonchev–Trinajstić information content (AvgIpc) is 3.93. The first-order chi connectivity index (χ1) is 31.8. The van der Waals surface area contributed by atoms with E-state index in [1.165, 1.54) is 58.1 Å². The molecule has 0 radical (unpaired) electrons. The Morgan fingerprint density at radius 3 is 1.24 bits per heavy atom. The number of nitrogens with zero attached hydrogens (tertiary/aromatic N) is 6. The minimum Gasteiger partial charge on any atom is -0.506 e. The number of carbonyl (C=O) groups is 2. The van der Waals surface area contributed by atoms with Gasteiger partial charge >= 0.3 is 11.9 Å². The van der Waals surface area contributed by atoms with Gasteiger partial charge in [-0.25, -0.2) is 18.0 Å². The molecule has 0 amide bonds. The van der Waals surface area contributed by atoms with Gasteiger partial charge in [-0.2, -0.15) is 0 Å². The zero-order valence-electron chi connectivity index (χ0n) is 37.6. The first-order valence-electron chi connectivity index (χ1n) is 21.3. The number of benzene rings is 6. The summed E-state index contributed by atoms with van der Waals surface area (Å²) in [5, 5.41) is 38.9. The lowest BCUT2D eigenvalue weighted by Crippen LogP contribution is -2.12. The summed E-state index contributed by atoms with van der Waals surface area (Å²) in [4.78, 5) is 28.5. The molecule has 0 aliphatic heterocycles. The van der Waals surface area contributed by atoms with Crippen molar-refractivity contribution in [3.05, 3.63) is 144 Å². The van der Waals surface area contributed by atoms with E-state index in [2.05, 4.69) is 61.9 Å². The molecule has 0 spiro atoms. The highest BCUT2D eigenvalue weighted by atomic mass is 32.2. The van der Waals surface area contributed by atoms with E-state index in [9.17, 15) is 28.2 Å². The highest BCUT2D eigenvalue weighted by molar-refractivity contribution is 7.91. The van der Waals surface area contributed by atoms with Crippen molar-refractivity contribution >= 4 is 43.8 Å². The van der Waals surface area contributed by atoms with Crippen LogP contribution in [0.1, 0.15) is 73.4 Å². The van der Waals surface area contributed by atoms with E-state index in [1.807, 2.05) is 24.3 Å². The van der Waals surface area contributed by atoms with Gasteiger partial charge in [0.1, 0.15) is 82.9 Å². The summed E-state index contributed by atoms with van der Waals surface area (Å²) in [7, 11) is -3.88. The number of sulfone groups is 1. The van der Waals surface area contributed by atoms with Crippen LogP contribution in [-0.4, -0.2) is 87.0 Å². The normalized spacial score (nSPS) is 12.0. The lowest BCUT2D eigenvalue weighted by Gasteiger charge is -2.20. The van der Waals surface area contributed by atoms with Crippen LogP contribution >= 0.6 is 0 Å². The van der Waals surface area contributed by atoms with Gasteiger partial charge in [-0.3, -0.25) is 0 Å². The summed E-state index contributed by atoms with van der Waals surface area (Å²) in [5.74, 6) is -0.372. The molecule has 2 aromatic heterocycles. The van der Waals surface area contributed by atoms with Gasteiger partial charge in [0, 0.05) is 0 Å². The summed E-state index contributed by atoms with van der Waals surface area (Å²) in [6.07, 6.45) is 0. The van der Waals surface area contributed by atoms with Gasteiger partial charge in [0.15, 0.2) is 0 Å². The maximum Gasteiger partial charge on any atom is 0.338 e. The Morgan fingerprint density at radius 2 is 0.866 bits per heavy atom. The number of phenols is 2. The maximum atomic E-state index is 13.4. The zero-order chi connectivity index (χ0) is 47.7. The molecule has 0 fully saturated rings. The molecule has 0 bridgehead atoms. The largest absolute Gasteiger partial charge is 0.506 e. The highest BCUT2D eigenvalue weighted by Gasteiger charge is 2.21. The Bertz CT molecular complexity index is 3030. The lowest BCUT2D eigenvalue weighted by atomic mass is 9.87. The van der Waals surface area contributed by atoms with E-state index < -0.39 is 21.8 Å². The van der Waals surface area contributed by atoms with Crippen LogP contribution in [0.5, 0.6) is 23.0 Å². The van der Waals surface area contributed by atoms with Gasteiger partial charge in [-0.1, -0.05) is 53.7 Å². The topological polar surface area (TPSA) is 207 Å². The molecular formula is C50H48N6O10S. The summed E-state index contributed by atoms with van der Waals surface area (Å²) in [6, 6.07) is 31.9. The molecular weight excluding hydrogens is 877 g/mol. The predicted molar refractivity (Wildman–Crippen MR) is 248 cm³/mol. The molecule has 67 heavy (non-hydrogen) atoms. The maximum absolute atomic E-state index is 13.4. The monoisotopic (exact) mass is 924 g/mol. The number of ether oxygens (including phenoxy) is 4. The van der Waals surface area contributed by atoms with Crippen LogP contribution < -0.4 is 9.47 Å². The van der Waals surface area contributed by atoms with E-state index in [0.29, 0.717) is 44.9 Å². The third-order valence-corrected chi connectivity index (χ3v) is 12.6. The van der Waals surface area contributed by atoms with E-state index in [4.69, 9.17) is 18.9 Å². The number of aromatic hydroxyl groups is 2. The van der Waals surface area contributed by atoms with Crippen LogP contribution in [0.4, 0.5) is 0 Å². The molecule has 8 aromatic rings. The fraction of sp³-hybridized carbons (Fsp3) is 0.240. The fourth-order valence-corrected chi connectivity index (χ4v) is 8.18. The van der Waals surface area contributed by atoms with Crippen LogP contribution in [0, 0.1) is 0 Å². The van der Waals surface area contributed by atoms with Crippen LogP contribution in [0.3, 0.4) is 0 Å². The van der Waals surface area contributed by atoms with E-state index in [1.54, 1.807) is 48.5 Å². The SMILES string of the molecule is CC(C)(C)c1ccc(O)c(-n2nc3ccc(C(=O)OCCOc4ccc(S(=O)(=O)c5ccc(OCCOC(=O)c6ccc7nn(-c8cc(C(C)(C)C)ccc8O)nc7c6)cc5)cc4)cc3n2)c1. The fourth-order valence-electron chi connectivity index (χ4n) is 6.92. The molecule has 2 heterocycles. The molecule has 0 aliphatic rings. The highest BCUT2D eigenvalue weighted by Crippen LogP contribution is 2.32. The molecule has 0 saturated heterocycles. The lowest BCUT2D eigenvalue weighted by molar-refractivity contribution is 0.0443. The Labute approximate surface area is 386 Å². The molecule has 0 aliphatic carbocycles. The molecule has 16 nitrogen and oxygen atoms in total. The van der Waals surface area contributed by atoms with Crippen molar-refractivity contribution in [1.29, 1.82) is 0 Å². The second kappa shape index (κ2) is 18.2. The van der Waals surface area contributed by atoms with Gasteiger partial charge < -0.3 is 29.2 Å². The third kappa shape index (κ3) is 10.2. The zero-order valence-corrected chi connectivity index (χ0v) is 38.4. The van der Waals surface area contributed by atoms with Crippen molar-refractivity contribution in [3.63, 3.8) is 0 Å². The first kappa shape index (κ1) is 45.8. The summed E-state index contributed by atoms with van der Waals surface area (Å²) in [6.45, 7) is 12.3. The van der Waals surface area contributed by atoms with Crippen molar-refractivity contribution in [1.82, 2.24) is 30.0 Å². The van der Waals surface area contributed by atoms with Crippen molar-refractivity contribution in [3.8, 4) is 34.4 Å². The molecule has 17 heteroatoms. The van der Waals surface area contributed by atoms with Gasteiger partial charge in [-0.05, 0) is 131 Å². The third-order valence-electron chi connectivity index (χ3n) is 10.8. The molecule has 6 aromatic carbocycles. The van der Waals surface area contributed by atoms with Gasteiger partial charge in [0.2, 0.25) is 9.84 Å². The van der Waals surface area contributed by atoms with E-state index in [-0.39, 0.29) is 69.7 Å². The Morgan fingerprint density at radius 1 is 0.493 bits per heavy atom. The van der Waals surface area contributed by atoms with Crippen LogP contribution in [0.25, 0.3) is 33.4 Å². The molecule has 0 atom stereocenters. The number of esters is 2. The van der Waals surface area contributed by atoms with Gasteiger partial charge in [0.05, 0.1) is 20.9 Å². The first-order valence-corrected chi connectivity index (χ1v) is 22.8. The number of fused-ring (bicyclic) bond motifs is 2. The van der Waals surface area contributed by atoms with Crippen LogP contribution in [0.15, 0.2) is 131 Å². The second-order valence-corrected chi connectivity index (χ2v) is 19.7. The molecule has 344 valence electrons. The molecule has 8 rings (SSSR count). The summed E-state index contributed by atoms with van der Waals surface area (Å²) < 4.78 is 49.0. The predicted octanol–water partition coefficient (Wildman–Crippen LogP) is 8.47. The van der Waals surface area contributed by atoms with Crippen molar-refractivity contribution in [2.45, 2.75) is 62.2 Å². The molecule has 0 unspecified atom stereocenters. The number of hydrogen-bond donors (Lipinski definition) is 2. The van der Waals surface area contributed by atoms with Crippen LogP contribution in [-0.2, 0) is 30.1 Å². The summed E-state index contributed by atoms with van der Waals surface area (Å²) >= 11 is 0. The quantitative estimate of drug-likeness (QED) is 0.0775. The van der Waals surface area contributed by atoms with Crippen LogP contribution in [0.2, 0.25) is 0 Å². The second-order valence-electron chi connectivity index (χ2n) is 17.7. The number of aromatic nitrogens is 6. The number of rotatable bonds is 14. The number of carbonyl (C=O) groups excluding carboxylic acids is 2. The van der Waals surface area contributed by atoms with Crippen molar-refractivity contribution < 1.29 is 47.2 Å². The van der Waals surface area contributed by atoms with E-state index >= 15 is 0 Å². The molecule has 0 saturated carbocycles. The van der Waals surface area contributed by atoms with Crippen molar-refractivity contribution in [2.75, 3.05) is 26.4 Å². The summed E-state index contributed by atoms with van der Waals surface area (Å²) in [5.41, 5.74) is 5.01. The minimum absolute atomic E-state index is 0.0146. The number of hydrogen-bond acceptors (Lipinski definition) is 14. The van der Waals surface area contributed by atoms with E-state index in [0.717, 1.165) is 11.1 Å². The standard InChI is InChI=1S/C50H48N6O10S/c1-49(2,3)33-9-21-45(57)43(29-33)55-51-39-19-7-31(27-41(39)53-55)47(59)65-25-23-63-35-11-15-37(16-12-35)67(61,62)38-17-13-36(14-18-38)64-24-26-66-48(60)32-8-20-40-42(28-32)54-56(52-40)44-30-34(50(4,5)6)10-22-46(44)58/h7-22,27-30,57-58H,23-26H2,1-6H3. The average molecular weight is 925 g/mol. The minimum atomic E-state index is -3.88. The van der Waals surface area contributed by atoms with Gasteiger partial charge in [0.25, 0.3) is 0 Å². The smallest absolute Gasteiger partial charge is 0.338 e. The Balaban J connectivity index is 0.786. The molecule has 2 N–H and O–H groups in total.